The normalized spacial score (nSPS) is 11.4. The first-order valence-corrected chi connectivity index (χ1v) is 6.65. The van der Waals surface area contributed by atoms with E-state index in [2.05, 4.69) is 0 Å². The summed E-state index contributed by atoms with van der Waals surface area (Å²) in [4.78, 5) is 0. The van der Waals surface area contributed by atoms with E-state index in [1.165, 1.54) is 0 Å². The van der Waals surface area contributed by atoms with Crippen molar-refractivity contribution in [3.05, 3.63) is 57.7 Å². The molecule has 2 N–H and O–H groups in total. The van der Waals surface area contributed by atoms with Crippen molar-refractivity contribution >= 4 is 0 Å². The Kier molecular flexibility index (Phi) is 4.83. The maximum atomic E-state index is 13.9. The summed E-state index contributed by atoms with van der Waals surface area (Å²) in [5.74, 6) is -23.9. The second-order valence-electron chi connectivity index (χ2n) is 5.00. The summed E-state index contributed by atoms with van der Waals surface area (Å²) in [6.07, 6.45) is -0.644. The molecule has 2 rings (SSSR count). The van der Waals surface area contributed by atoms with E-state index in [1.54, 1.807) is 0 Å². The number of aromatic hydroxyl groups is 2. The highest BCUT2D eigenvalue weighted by atomic mass is 19.2. The number of halogens is 8. The molecule has 2 aromatic carbocycles. The lowest BCUT2D eigenvalue weighted by atomic mass is 9.86. The predicted octanol–water partition coefficient (Wildman–Crippen LogP) is 4.75. The molecule has 25 heavy (non-hydrogen) atoms. The lowest BCUT2D eigenvalue weighted by Crippen LogP contribution is -2.15. The zero-order valence-electron chi connectivity index (χ0n) is 12.2. The van der Waals surface area contributed by atoms with Gasteiger partial charge in [-0.3, -0.25) is 0 Å². The van der Waals surface area contributed by atoms with E-state index in [0.29, 0.717) is 0 Å². The summed E-state index contributed by atoms with van der Waals surface area (Å²) in [5.41, 5.74) is -3.14. The van der Waals surface area contributed by atoms with Crippen LogP contribution in [0.15, 0.2) is 0 Å². The van der Waals surface area contributed by atoms with Gasteiger partial charge in [0.2, 0.25) is 23.3 Å². The van der Waals surface area contributed by atoms with Gasteiger partial charge in [0.15, 0.2) is 34.8 Å². The van der Waals surface area contributed by atoms with Gasteiger partial charge >= 0.3 is 0 Å². The molecule has 0 saturated carbocycles. The van der Waals surface area contributed by atoms with Gasteiger partial charge in [0.05, 0.1) is 0 Å². The maximum Gasteiger partial charge on any atom is 0.203 e. The van der Waals surface area contributed by atoms with Crippen LogP contribution in [0.2, 0.25) is 0 Å². The molecule has 0 fully saturated rings. The Labute approximate surface area is 134 Å². The Bertz CT molecular complexity index is 738. The first-order chi connectivity index (χ1) is 11.6. The summed E-state index contributed by atoms with van der Waals surface area (Å²) in [6.45, 7) is 1.06. The molecule has 136 valence electrons. The quantitative estimate of drug-likeness (QED) is 0.603. The molecule has 0 unspecified atom stereocenters. The van der Waals surface area contributed by atoms with E-state index in [9.17, 15) is 35.1 Å². The predicted molar refractivity (Wildman–Crippen MR) is 68.0 cm³/mol. The Hall–Kier alpha value is -2.52. The van der Waals surface area contributed by atoms with Gasteiger partial charge in [0, 0.05) is 17.0 Å². The zero-order chi connectivity index (χ0) is 19.2. The van der Waals surface area contributed by atoms with Crippen molar-refractivity contribution in [3.63, 3.8) is 0 Å². The van der Waals surface area contributed by atoms with Gasteiger partial charge in [-0.15, -0.1) is 0 Å². The lowest BCUT2D eigenvalue weighted by molar-refractivity contribution is 0.338. The molecule has 10 heteroatoms. The van der Waals surface area contributed by atoms with Crippen molar-refractivity contribution in [2.24, 2.45) is 0 Å². The van der Waals surface area contributed by atoms with Gasteiger partial charge in [0.1, 0.15) is 0 Å². The summed E-state index contributed by atoms with van der Waals surface area (Å²) in [7, 11) is 0. The van der Waals surface area contributed by atoms with E-state index in [-0.39, 0.29) is 0 Å². The third kappa shape index (κ3) is 2.65. The standard InChI is InChI=1S/C15H8F8O2/c1-2-3(4-6(16)10(20)14(24)11(21)7(4)17)5-8(18)12(22)15(25)13(23)9(5)19/h3,24-25H,2H2,1H3. The fourth-order valence-electron chi connectivity index (χ4n) is 2.44. The number of phenolic OH excluding ortho intramolecular Hbond substituents is 2. The fraction of sp³-hybridized carbons (Fsp3) is 0.200. The first-order valence-electron chi connectivity index (χ1n) is 6.65. The molecule has 0 saturated heterocycles. The minimum atomic E-state index is -2.24. The Balaban J connectivity index is 2.90. The van der Waals surface area contributed by atoms with Crippen molar-refractivity contribution in [2.45, 2.75) is 19.3 Å². The van der Waals surface area contributed by atoms with Gasteiger partial charge in [-0.05, 0) is 6.42 Å². The molecule has 2 aromatic rings. The van der Waals surface area contributed by atoms with Crippen molar-refractivity contribution < 1.29 is 45.3 Å². The minimum Gasteiger partial charge on any atom is -0.503 e. The second-order valence-corrected chi connectivity index (χ2v) is 5.00. The van der Waals surface area contributed by atoms with Crippen molar-refractivity contribution in [1.82, 2.24) is 0 Å². The van der Waals surface area contributed by atoms with Gasteiger partial charge < -0.3 is 10.2 Å². The van der Waals surface area contributed by atoms with E-state index in [1.807, 2.05) is 0 Å². The van der Waals surface area contributed by atoms with Crippen LogP contribution in [-0.4, -0.2) is 10.2 Å². The van der Waals surface area contributed by atoms with Crippen LogP contribution in [0, 0.1) is 46.5 Å². The van der Waals surface area contributed by atoms with Gasteiger partial charge in [-0.1, -0.05) is 6.92 Å². The number of hydrogen-bond donors (Lipinski definition) is 2. The lowest BCUT2D eigenvalue weighted by Gasteiger charge is -2.20. The van der Waals surface area contributed by atoms with E-state index in [4.69, 9.17) is 10.2 Å². The van der Waals surface area contributed by atoms with E-state index < -0.39 is 81.5 Å². The molecule has 0 aliphatic heterocycles. The van der Waals surface area contributed by atoms with Crippen LogP contribution in [-0.2, 0) is 0 Å². The van der Waals surface area contributed by atoms with Crippen LogP contribution in [0.1, 0.15) is 30.4 Å². The van der Waals surface area contributed by atoms with Crippen LogP contribution >= 0.6 is 0 Å². The largest absolute Gasteiger partial charge is 0.503 e. The van der Waals surface area contributed by atoms with Crippen LogP contribution in [0.25, 0.3) is 0 Å². The fourth-order valence-corrected chi connectivity index (χ4v) is 2.44. The summed E-state index contributed by atoms with van der Waals surface area (Å²) in [6, 6.07) is 0. The summed E-state index contributed by atoms with van der Waals surface area (Å²) in [5, 5.41) is 17.8. The summed E-state index contributed by atoms with van der Waals surface area (Å²) >= 11 is 0. The Morgan fingerprint density at radius 2 is 0.800 bits per heavy atom. The SMILES string of the molecule is CCC(c1c(F)c(F)c(O)c(F)c1F)c1c(F)c(F)c(O)c(F)c1F. The van der Waals surface area contributed by atoms with Crippen LogP contribution in [0.3, 0.4) is 0 Å². The third-order valence-corrected chi connectivity index (χ3v) is 3.65. The van der Waals surface area contributed by atoms with Crippen LogP contribution < -0.4 is 0 Å². The topological polar surface area (TPSA) is 40.5 Å². The van der Waals surface area contributed by atoms with Crippen molar-refractivity contribution in [3.8, 4) is 11.5 Å². The first kappa shape index (κ1) is 18.8. The molecule has 0 aliphatic carbocycles. The average molecular weight is 372 g/mol. The number of hydrogen-bond acceptors (Lipinski definition) is 2. The Morgan fingerprint density at radius 1 is 0.560 bits per heavy atom. The summed E-state index contributed by atoms with van der Waals surface area (Å²) < 4.78 is 110. The monoisotopic (exact) mass is 372 g/mol. The smallest absolute Gasteiger partial charge is 0.203 e. The molecule has 0 aromatic heterocycles. The molecule has 0 radical (unpaired) electrons. The van der Waals surface area contributed by atoms with E-state index in [0.717, 1.165) is 6.92 Å². The molecule has 0 spiro atoms. The molecular weight excluding hydrogens is 364 g/mol. The maximum absolute atomic E-state index is 13.9. The highest BCUT2D eigenvalue weighted by Gasteiger charge is 2.36. The minimum absolute atomic E-state index is 0.644. The average Bonchev–Trinajstić information content (AvgIpc) is 2.60. The number of benzene rings is 2. The molecule has 0 atom stereocenters. The zero-order valence-corrected chi connectivity index (χ0v) is 12.2. The van der Waals surface area contributed by atoms with Crippen LogP contribution in [0.5, 0.6) is 11.5 Å². The molecule has 0 amide bonds. The molecule has 2 nitrogen and oxygen atoms in total. The van der Waals surface area contributed by atoms with Crippen molar-refractivity contribution in [1.29, 1.82) is 0 Å². The molecule has 0 bridgehead atoms. The highest BCUT2D eigenvalue weighted by Crippen LogP contribution is 2.41. The highest BCUT2D eigenvalue weighted by molar-refractivity contribution is 5.43. The second kappa shape index (κ2) is 6.41. The van der Waals surface area contributed by atoms with Crippen LogP contribution in [0.4, 0.5) is 35.1 Å². The molecular formula is C15H8F8O2. The van der Waals surface area contributed by atoms with Gasteiger partial charge in [-0.25, -0.2) is 17.6 Å². The molecule has 0 heterocycles. The van der Waals surface area contributed by atoms with Gasteiger partial charge in [-0.2, -0.15) is 17.6 Å². The number of phenols is 2. The molecule has 0 aliphatic rings. The number of rotatable bonds is 3. The van der Waals surface area contributed by atoms with E-state index >= 15 is 0 Å². The van der Waals surface area contributed by atoms with Crippen molar-refractivity contribution in [2.75, 3.05) is 0 Å². The Morgan fingerprint density at radius 3 is 1.00 bits per heavy atom. The van der Waals surface area contributed by atoms with Gasteiger partial charge in [0.25, 0.3) is 0 Å². The third-order valence-electron chi connectivity index (χ3n) is 3.65.